The minimum atomic E-state index is 0.168. The zero-order chi connectivity index (χ0) is 13.4. The van der Waals surface area contributed by atoms with Gasteiger partial charge in [-0.25, -0.2) is 10.8 Å². The summed E-state index contributed by atoms with van der Waals surface area (Å²) in [7, 11) is 0. The van der Waals surface area contributed by atoms with Crippen molar-refractivity contribution in [3.8, 4) is 5.88 Å². The monoisotopic (exact) mass is 252 g/mol. The normalized spacial score (nSPS) is 12.2. The average molecular weight is 252 g/mol. The van der Waals surface area contributed by atoms with Gasteiger partial charge in [0.05, 0.1) is 6.10 Å². The first-order valence-electron chi connectivity index (χ1n) is 6.64. The van der Waals surface area contributed by atoms with Gasteiger partial charge in [-0.1, -0.05) is 26.2 Å². The third-order valence-corrected chi connectivity index (χ3v) is 2.75. The molecule has 1 atom stereocenters. The van der Waals surface area contributed by atoms with E-state index in [1.807, 2.05) is 6.92 Å². The van der Waals surface area contributed by atoms with Gasteiger partial charge in [0.1, 0.15) is 11.6 Å². The molecule has 0 amide bonds. The molecular weight excluding hydrogens is 228 g/mol. The number of nitrogen functional groups attached to an aromatic ring is 1. The van der Waals surface area contributed by atoms with Crippen LogP contribution < -0.4 is 16.0 Å². The molecule has 1 heterocycles. The van der Waals surface area contributed by atoms with Crippen molar-refractivity contribution in [3.05, 3.63) is 11.9 Å². The van der Waals surface area contributed by atoms with Crippen LogP contribution in [-0.2, 0) is 0 Å². The molecule has 0 bridgehead atoms. The van der Waals surface area contributed by atoms with Crippen molar-refractivity contribution in [2.24, 2.45) is 5.84 Å². The molecular formula is C13H24N4O. The van der Waals surface area contributed by atoms with Gasteiger partial charge in [0.25, 0.3) is 0 Å². The highest BCUT2D eigenvalue weighted by molar-refractivity contribution is 5.36. The Hall–Kier alpha value is -1.36. The van der Waals surface area contributed by atoms with Crippen LogP contribution >= 0.6 is 0 Å². The Labute approximate surface area is 109 Å². The fourth-order valence-electron chi connectivity index (χ4n) is 1.80. The molecule has 0 aliphatic rings. The zero-order valence-corrected chi connectivity index (χ0v) is 11.6. The Kier molecular flexibility index (Phi) is 6.43. The molecule has 0 aliphatic heterocycles. The number of nitrogens with two attached hydrogens (primary N) is 1. The van der Waals surface area contributed by atoms with Gasteiger partial charge in [-0.3, -0.25) is 0 Å². The number of hydrogen-bond acceptors (Lipinski definition) is 5. The molecule has 5 heteroatoms. The summed E-state index contributed by atoms with van der Waals surface area (Å²) in [4.78, 5) is 8.36. The second-order valence-electron chi connectivity index (χ2n) is 4.56. The summed E-state index contributed by atoms with van der Waals surface area (Å²) in [5.41, 5.74) is 2.51. The molecule has 1 unspecified atom stereocenters. The van der Waals surface area contributed by atoms with Gasteiger partial charge in [0.15, 0.2) is 0 Å². The van der Waals surface area contributed by atoms with E-state index < -0.39 is 0 Å². The third-order valence-electron chi connectivity index (χ3n) is 2.75. The second-order valence-corrected chi connectivity index (χ2v) is 4.56. The van der Waals surface area contributed by atoms with Crippen LogP contribution in [0.3, 0.4) is 0 Å². The highest BCUT2D eigenvalue weighted by Gasteiger charge is 2.07. The van der Waals surface area contributed by atoms with E-state index in [4.69, 9.17) is 10.6 Å². The molecule has 18 heavy (non-hydrogen) atoms. The van der Waals surface area contributed by atoms with Gasteiger partial charge in [0, 0.05) is 6.07 Å². The molecule has 1 aromatic rings. The standard InChI is InChI=1S/C13H24N4O/c1-4-5-6-7-8-10(2)18-13-9-12(17-14)15-11(3)16-13/h9-10H,4-8,14H2,1-3H3,(H,15,16,17). The molecule has 3 N–H and O–H groups in total. The molecule has 0 aromatic carbocycles. The number of unbranched alkanes of at least 4 members (excludes halogenated alkanes) is 3. The van der Waals surface area contributed by atoms with Crippen LogP contribution in [0.25, 0.3) is 0 Å². The minimum Gasteiger partial charge on any atom is -0.475 e. The SMILES string of the molecule is CCCCCCC(C)Oc1cc(NN)nc(C)n1. The van der Waals surface area contributed by atoms with Crippen molar-refractivity contribution in [1.82, 2.24) is 9.97 Å². The van der Waals surface area contributed by atoms with Gasteiger partial charge in [0.2, 0.25) is 5.88 Å². The summed E-state index contributed by atoms with van der Waals surface area (Å²) in [5.74, 6) is 7.15. The maximum atomic E-state index is 5.77. The molecule has 1 rings (SSSR count). The quantitative estimate of drug-likeness (QED) is 0.423. The largest absolute Gasteiger partial charge is 0.475 e. The number of rotatable bonds is 8. The number of aromatic nitrogens is 2. The van der Waals surface area contributed by atoms with Crippen LogP contribution in [0.15, 0.2) is 6.07 Å². The Morgan fingerprint density at radius 1 is 1.33 bits per heavy atom. The maximum absolute atomic E-state index is 5.77. The first-order chi connectivity index (χ1) is 8.65. The third kappa shape index (κ3) is 5.31. The van der Waals surface area contributed by atoms with Gasteiger partial charge >= 0.3 is 0 Å². The molecule has 0 aliphatic carbocycles. The zero-order valence-electron chi connectivity index (χ0n) is 11.6. The Morgan fingerprint density at radius 2 is 2.11 bits per heavy atom. The van der Waals surface area contributed by atoms with E-state index in [-0.39, 0.29) is 6.10 Å². The lowest BCUT2D eigenvalue weighted by Crippen LogP contribution is -2.15. The van der Waals surface area contributed by atoms with Crippen molar-refractivity contribution in [1.29, 1.82) is 0 Å². The number of hydrogen-bond donors (Lipinski definition) is 2. The smallest absolute Gasteiger partial charge is 0.219 e. The molecule has 0 radical (unpaired) electrons. The van der Waals surface area contributed by atoms with E-state index in [2.05, 4.69) is 29.2 Å². The molecule has 0 saturated heterocycles. The average Bonchev–Trinajstić information content (AvgIpc) is 2.34. The molecule has 102 valence electrons. The number of nitrogens with zero attached hydrogens (tertiary/aromatic N) is 2. The van der Waals surface area contributed by atoms with Crippen LogP contribution in [0.5, 0.6) is 5.88 Å². The fraction of sp³-hybridized carbons (Fsp3) is 0.692. The second kappa shape index (κ2) is 7.87. The minimum absolute atomic E-state index is 0.168. The maximum Gasteiger partial charge on any atom is 0.219 e. The van der Waals surface area contributed by atoms with Crippen LogP contribution in [0.1, 0.15) is 51.8 Å². The van der Waals surface area contributed by atoms with Crippen molar-refractivity contribution in [2.75, 3.05) is 5.43 Å². The van der Waals surface area contributed by atoms with Gasteiger partial charge < -0.3 is 10.2 Å². The number of nitrogens with one attached hydrogen (secondary N) is 1. The lowest BCUT2D eigenvalue weighted by Gasteiger charge is -2.14. The van der Waals surface area contributed by atoms with E-state index in [9.17, 15) is 0 Å². The van der Waals surface area contributed by atoms with E-state index in [0.29, 0.717) is 17.5 Å². The lowest BCUT2D eigenvalue weighted by molar-refractivity contribution is 0.197. The Balaban J connectivity index is 2.43. The molecule has 0 saturated carbocycles. The van der Waals surface area contributed by atoms with Crippen molar-refractivity contribution in [3.63, 3.8) is 0 Å². The summed E-state index contributed by atoms with van der Waals surface area (Å²) in [6, 6.07) is 1.72. The highest BCUT2D eigenvalue weighted by Crippen LogP contribution is 2.16. The van der Waals surface area contributed by atoms with Gasteiger partial charge in [-0.05, 0) is 26.7 Å². The molecule has 0 spiro atoms. The summed E-state index contributed by atoms with van der Waals surface area (Å²) >= 11 is 0. The van der Waals surface area contributed by atoms with Crippen LogP contribution in [-0.4, -0.2) is 16.1 Å². The topological polar surface area (TPSA) is 73.1 Å². The summed E-state index contributed by atoms with van der Waals surface area (Å²) < 4.78 is 5.77. The van der Waals surface area contributed by atoms with Crippen LogP contribution in [0.4, 0.5) is 5.82 Å². The number of aryl methyl sites for hydroxylation is 1. The Bertz CT molecular complexity index is 357. The number of hydrazine groups is 1. The summed E-state index contributed by atoms with van der Waals surface area (Å²) in [6.07, 6.45) is 6.23. The van der Waals surface area contributed by atoms with Crippen molar-refractivity contribution in [2.45, 2.75) is 59.0 Å². The summed E-state index contributed by atoms with van der Waals surface area (Å²) in [6.45, 7) is 6.10. The van der Waals surface area contributed by atoms with Crippen molar-refractivity contribution >= 4 is 5.82 Å². The van der Waals surface area contributed by atoms with Crippen LogP contribution in [0.2, 0.25) is 0 Å². The lowest BCUT2D eigenvalue weighted by atomic mass is 10.1. The predicted octanol–water partition coefficient (Wildman–Crippen LogP) is 2.81. The molecule has 1 aromatic heterocycles. The van der Waals surface area contributed by atoms with E-state index in [1.165, 1.54) is 25.7 Å². The first-order valence-corrected chi connectivity index (χ1v) is 6.64. The molecule has 0 fully saturated rings. The number of ether oxygens (including phenoxy) is 1. The van der Waals surface area contributed by atoms with Gasteiger partial charge in [-0.2, -0.15) is 4.98 Å². The van der Waals surface area contributed by atoms with Gasteiger partial charge in [-0.15, -0.1) is 0 Å². The van der Waals surface area contributed by atoms with Crippen LogP contribution in [0, 0.1) is 6.92 Å². The summed E-state index contributed by atoms with van der Waals surface area (Å²) in [5, 5.41) is 0. The van der Waals surface area contributed by atoms with E-state index in [1.54, 1.807) is 6.07 Å². The Morgan fingerprint density at radius 3 is 2.78 bits per heavy atom. The predicted molar refractivity (Wildman–Crippen MR) is 73.4 cm³/mol. The van der Waals surface area contributed by atoms with Crippen molar-refractivity contribution < 1.29 is 4.74 Å². The van der Waals surface area contributed by atoms with E-state index >= 15 is 0 Å². The fourth-order valence-corrected chi connectivity index (χ4v) is 1.80. The molecule has 5 nitrogen and oxygen atoms in total. The first kappa shape index (κ1) is 14.7. The highest BCUT2D eigenvalue weighted by atomic mass is 16.5. The van der Waals surface area contributed by atoms with E-state index in [0.717, 1.165) is 6.42 Å². The number of anilines is 1.